The van der Waals surface area contributed by atoms with Crippen molar-refractivity contribution in [3.8, 4) is 0 Å². The van der Waals surface area contributed by atoms with Crippen molar-refractivity contribution in [1.82, 2.24) is 10.3 Å². The molecule has 0 radical (unpaired) electrons. The predicted molar refractivity (Wildman–Crippen MR) is 88.8 cm³/mol. The number of nitrogens with zero attached hydrogens (tertiary/aromatic N) is 1. The van der Waals surface area contributed by atoms with Gasteiger partial charge in [0.25, 0.3) is 5.91 Å². The molecule has 0 aliphatic carbocycles. The van der Waals surface area contributed by atoms with Gasteiger partial charge in [-0.05, 0) is 12.5 Å². The number of rotatable bonds is 6. The van der Waals surface area contributed by atoms with Gasteiger partial charge in [0.15, 0.2) is 0 Å². The Labute approximate surface area is 139 Å². The van der Waals surface area contributed by atoms with Crippen molar-refractivity contribution in [2.75, 3.05) is 26.4 Å². The second-order valence-electron chi connectivity index (χ2n) is 6.12. The minimum atomic E-state index is -0.323. The van der Waals surface area contributed by atoms with Crippen LogP contribution >= 0.6 is 11.3 Å². The molecule has 1 aliphatic rings. The van der Waals surface area contributed by atoms with E-state index >= 15 is 0 Å². The van der Waals surface area contributed by atoms with Crippen molar-refractivity contribution >= 4 is 17.2 Å². The fourth-order valence-electron chi connectivity index (χ4n) is 2.38. The molecule has 5 nitrogen and oxygen atoms in total. The van der Waals surface area contributed by atoms with Gasteiger partial charge >= 0.3 is 0 Å². The maximum atomic E-state index is 12.2. The Kier molecular flexibility index (Phi) is 4.75. The third-order valence-corrected chi connectivity index (χ3v) is 4.89. The molecule has 0 atom stereocenters. The lowest BCUT2D eigenvalue weighted by Gasteiger charge is -2.39. The summed E-state index contributed by atoms with van der Waals surface area (Å²) in [5, 5.41) is 14.9. The van der Waals surface area contributed by atoms with Crippen LogP contribution in [-0.4, -0.2) is 42.4 Å². The van der Waals surface area contributed by atoms with Crippen molar-refractivity contribution in [2.45, 2.75) is 13.3 Å². The summed E-state index contributed by atoms with van der Waals surface area (Å²) < 4.78 is 5.12. The summed E-state index contributed by atoms with van der Waals surface area (Å²) in [6, 6.07) is 8.31. The van der Waals surface area contributed by atoms with Crippen LogP contribution in [0.2, 0.25) is 0 Å². The Bertz CT molecular complexity index is 672. The highest BCUT2D eigenvalue weighted by Crippen LogP contribution is 2.25. The molecule has 0 unspecified atom stereocenters. The van der Waals surface area contributed by atoms with Crippen LogP contribution in [0.5, 0.6) is 0 Å². The number of nitrogens with one attached hydrogen (secondary N) is 1. The average molecular weight is 332 g/mol. The number of thiazole rings is 1. The number of hydrogen-bond acceptors (Lipinski definition) is 5. The van der Waals surface area contributed by atoms with E-state index in [0.717, 1.165) is 11.4 Å². The molecule has 0 spiro atoms. The minimum absolute atomic E-state index is 0.0169. The standard InChI is InChI=1S/C17H20N2O3S/c1-12-2-4-13(5-3-12)6-15-19-14(7-23-15)16(21)18-8-17(9-20)10-22-11-17/h2-5,7,20H,6,8-11H2,1H3,(H,18,21). The Hall–Kier alpha value is -1.76. The van der Waals surface area contributed by atoms with E-state index in [0.29, 0.717) is 25.5 Å². The molecular formula is C17H20N2O3S. The largest absolute Gasteiger partial charge is 0.396 e. The van der Waals surface area contributed by atoms with Gasteiger partial charge in [0, 0.05) is 18.3 Å². The number of aliphatic hydroxyl groups excluding tert-OH is 1. The molecule has 1 aliphatic heterocycles. The molecular weight excluding hydrogens is 312 g/mol. The zero-order valence-electron chi connectivity index (χ0n) is 13.0. The third kappa shape index (κ3) is 3.77. The maximum absolute atomic E-state index is 12.2. The van der Waals surface area contributed by atoms with Gasteiger partial charge in [-0.15, -0.1) is 11.3 Å². The molecule has 1 aromatic carbocycles. The summed E-state index contributed by atoms with van der Waals surface area (Å²) in [7, 11) is 0. The Balaban J connectivity index is 1.57. The minimum Gasteiger partial charge on any atom is -0.396 e. The van der Waals surface area contributed by atoms with E-state index < -0.39 is 0 Å². The van der Waals surface area contributed by atoms with Crippen LogP contribution in [-0.2, 0) is 11.2 Å². The first kappa shape index (κ1) is 16.1. The summed E-state index contributed by atoms with van der Waals surface area (Å²) in [5.74, 6) is -0.198. The fraction of sp³-hybridized carbons (Fsp3) is 0.412. The molecule has 1 amide bonds. The lowest BCUT2D eigenvalue weighted by molar-refractivity contribution is -0.133. The van der Waals surface area contributed by atoms with E-state index in [1.54, 1.807) is 5.38 Å². The molecule has 6 heteroatoms. The lowest BCUT2D eigenvalue weighted by Crippen LogP contribution is -2.53. The molecule has 2 N–H and O–H groups in total. The molecule has 1 fully saturated rings. The fourth-order valence-corrected chi connectivity index (χ4v) is 3.18. The number of hydrogen-bond donors (Lipinski definition) is 2. The molecule has 122 valence electrons. The maximum Gasteiger partial charge on any atom is 0.270 e. The second kappa shape index (κ2) is 6.78. The average Bonchev–Trinajstić information content (AvgIpc) is 2.97. The Morgan fingerprint density at radius 2 is 2.13 bits per heavy atom. The molecule has 23 heavy (non-hydrogen) atoms. The van der Waals surface area contributed by atoms with Gasteiger partial charge in [0.1, 0.15) is 5.69 Å². The molecule has 3 rings (SSSR count). The number of benzene rings is 1. The highest BCUT2D eigenvalue weighted by molar-refractivity contribution is 7.09. The van der Waals surface area contributed by atoms with E-state index in [2.05, 4.69) is 41.5 Å². The Morgan fingerprint density at radius 3 is 2.74 bits per heavy atom. The van der Waals surface area contributed by atoms with Crippen molar-refractivity contribution < 1.29 is 14.6 Å². The molecule has 1 aromatic heterocycles. The van der Waals surface area contributed by atoms with Gasteiger partial charge in [-0.1, -0.05) is 29.8 Å². The van der Waals surface area contributed by atoms with Crippen LogP contribution in [0.15, 0.2) is 29.6 Å². The van der Waals surface area contributed by atoms with E-state index in [1.165, 1.54) is 22.5 Å². The van der Waals surface area contributed by atoms with Crippen molar-refractivity contribution in [2.24, 2.45) is 5.41 Å². The van der Waals surface area contributed by atoms with Crippen molar-refractivity contribution in [1.29, 1.82) is 0 Å². The molecule has 0 bridgehead atoms. The van der Waals surface area contributed by atoms with E-state index in [4.69, 9.17) is 4.74 Å². The smallest absolute Gasteiger partial charge is 0.270 e. The van der Waals surface area contributed by atoms with Crippen LogP contribution in [0, 0.1) is 12.3 Å². The predicted octanol–water partition coefficient (Wildman–Crippen LogP) is 1.78. The van der Waals surface area contributed by atoms with Crippen LogP contribution < -0.4 is 5.32 Å². The number of ether oxygens (including phenoxy) is 1. The summed E-state index contributed by atoms with van der Waals surface area (Å²) in [6.07, 6.45) is 0.729. The summed E-state index contributed by atoms with van der Waals surface area (Å²) >= 11 is 1.49. The van der Waals surface area contributed by atoms with Gasteiger partial charge in [-0.2, -0.15) is 0 Å². The van der Waals surface area contributed by atoms with E-state index in [9.17, 15) is 9.90 Å². The number of aliphatic hydroxyl groups is 1. The van der Waals surface area contributed by atoms with Gasteiger partial charge in [-0.25, -0.2) is 4.98 Å². The normalized spacial score (nSPS) is 15.9. The first-order valence-corrected chi connectivity index (χ1v) is 8.45. The topological polar surface area (TPSA) is 71.5 Å². The van der Waals surface area contributed by atoms with Crippen molar-refractivity contribution in [3.05, 3.63) is 51.5 Å². The number of carbonyl (C=O) groups is 1. The number of aromatic nitrogens is 1. The first-order valence-electron chi connectivity index (χ1n) is 7.57. The van der Waals surface area contributed by atoms with Gasteiger partial charge in [0.05, 0.1) is 30.2 Å². The van der Waals surface area contributed by atoms with Crippen molar-refractivity contribution in [3.63, 3.8) is 0 Å². The number of carbonyl (C=O) groups excluding carboxylic acids is 1. The van der Waals surface area contributed by atoms with Crippen LogP contribution in [0.3, 0.4) is 0 Å². The van der Waals surface area contributed by atoms with E-state index in [-0.39, 0.29) is 17.9 Å². The van der Waals surface area contributed by atoms with Gasteiger partial charge in [0.2, 0.25) is 0 Å². The highest BCUT2D eigenvalue weighted by atomic mass is 32.1. The summed E-state index contributed by atoms with van der Waals surface area (Å²) in [4.78, 5) is 16.6. The Morgan fingerprint density at radius 1 is 1.39 bits per heavy atom. The second-order valence-corrected chi connectivity index (χ2v) is 7.07. The van der Waals surface area contributed by atoms with Gasteiger partial charge < -0.3 is 15.2 Å². The zero-order chi connectivity index (χ0) is 16.3. The molecule has 2 aromatic rings. The molecule has 0 saturated carbocycles. The van der Waals surface area contributed by atoms with Crippen LogP contribution in [0.4, 0.5) is 0 Å². The van der Waals surface area contributed by atoms with E-state index in [1.807, 2.05) is 0 Å². The summed E-state index contributed by atoms with van der Waals surface area (Å²) in [6.45, 7) is 3.46. The SMILES string of the molecule is Cc1ccc(Cc2nc(C(=O)NCC3(CO)COC3)cs2)cc1. The molecule has 1 saturated heterocycles. The number of aryl methyl sites for hydroxylation is 1. The monoisotopic (exact) mass is 332 g/mol. The third-order valence-electron chi connectivity index (χ3n) is 4.04. The van der Waals surface area contributed by atoms with Crippen LogP contribution in [0.25, 0.3) is 0 Å². The highest BCUT2D eigenvalue weighted by Gasteiger charge is 2.38. The van der Waals surface area contributed by atoms with Crippen LogP contribution in [0.1, 0.15) is 26.6 Å². The molecule has 2 heterocycles. The lowest BCUT2D eigenvalue weighted by atomic mass is 9.87. The quantitative estimate of drug-likeness (QED) is 0.846. The zero-order valence-corrected chi connectivity index (χ0v) is 13.9. The van der Waals surface area contributed by atoms with Gasteiger partial charge in [-0.3, -0.25) is 4.79 Å². The summed E-state index contributed by atoms with van der Waals surface area (Å²) in [5.41, 5.74) is 2.52. The number of amides is 1. The first-order chi connectivity index (χ1) is 11.1.